The van der Waals surface area contributed by atoms with Crippen molar-refractivity contribution in [1.29, 1.82) is 0 Å². The van der Waals surface area contributed by atoms with Crippen LogP contribution in [-0.4, -0.2) is 28.1 Å². The summed E-state index contributed by atoms with van der Waals surface area (Å²) in [7, 11) is 0. The van der Waals surface area contributed by atoms with Crippen LogP contribution in [0.5, 0.6) is 0 Å². The van der Waals surface area contributed by atoms with Crippen LogP contribution >= 0.6 is 11.6 Å². The van der Waals surface area contributed by atoms with E-state index in [4.69, 9.17) is 11.6 Å². The Kier molecular flexibility index (Phi) is 6.65. The van der Waals surface area contributed by atoms with Crippen LogP contribution in [-0.2, 0) is 6.18 Å². The molecule has 0 aliphatic heterocycles. The van der Waals surface area contributed by atoms with E-state index in [0.29, 0.717) is 11.2 Å². The van der Waals surface area contributed by atoms with Crippen LogP contribution in [0.2, 0.25) is 5.02 Å². The van der Waals surface area contributed by atoms with Crippen LogP contribution in [0.1, 0.15) is 39.8 Å². The molecule has 3 rings (SSSR count). The summed E-state index contributed by atoms with van der Waals surface area (Å²) >= 11 is 5.88. The van der Waals surface area contributed by atoms with E-state index < -0.39 is 23.3 Å². The highest BCUT2D eigenvalue weighted by Crippen LogP contribution is 2.34. The lowest BCUT2D eigenvalue weighted by molar-refractivity contribution is -0.143. The molecular weight excluding hydrogens is 433 g/mol. The number of hydrogen-bond acceptors (Lipinski definition) is 3. The van der Waals surface area contributed by atoms with E-state index in [-0.39, 0.29) is 27.9 Å². The highest BCUT2D eigenvalue weighted by atomic mass is 35.5. The predicted molar refractivity (Wildman–Crippen MR) is 111 cm³/mol. The van der Waals surface area contributed by atoms with E-state index in [1.54, 1.807) is 6.07 Å². The lowest BCUT2D eigenvalue weighted by Crippen LogP contribution is -2.24. The molecule has 1 heterocycles. The number of anilines is 1. The lowest BCUT2D eigenvalue weighted by Gasteiger charge is -2.13. The third kappa shape index (κ3) is 5.24. The molecule has 31 heavy (non-hydrogen) atoms. The van der Waals surface area contributed by atoms with Crippen molar-refractivity contribution >= 4 is 29.1 Å². The number of carbonyl (C=O) groups is 2. The molecule has 0 spiro atoms. The average molecular weight is 451 g/mol. The van der Waals surface area contributed by atoms with E-state index in [1.165, 1.54) is 42.5 Å². The predicted octanol–water partition coefficient (Wildman–Crippen LogP) is 4.94. The molecule has 10 heteroatoms. The summed E-state index contributed by atoms with van der Waals surface area (Å²) in [6.45, 7) is 2.38. The number of hydrogen-bond donors (Lipinski definition) is 2. The fourth-order valence-corrected chi connectivity index (χ4v) is 3.05. The van der Waals surface area contributed by atoms with Gasteiger partial charge in [0.1, 0.15) is 0 Å². The van der Waals surface area contributed by atoms with Gasteiger partial charge in [-0.25, -0.2) is 4.68 Å². The number of rotatable bonds is 6. The second-order valence-electron chi connectivity index (χ2n) is 6.59. The maximum absolute atomic E-state index is 13.8. The molecule has 1 aromatic heterocycles. The van der Waals surface area contributed by atoms with Crippen molar-refractivity contribution in [2.45, 2.75) is 19.5 Å². The van der Waals surface area contributed by atoms with Gasteiger partial charge in [-0.05, 0) is 42.8 Å². The number of benzene rings is 2. The Bertz CT molecular complexity index is 1110. The average Bonchev–Trinajstić information content (AvgIpc) is 3.18. The molecule has 0 fully saturated rings. The largest absolute Gasteiger partial charge is 0.434 e. The standard InChI is InChI=1S/C21H18ClF3N4O2/c1-2-9-26-19(30)13-5-3-7-15(10-13)28-20(31)17-12-27-29(18(17)21(23,24)25)16-8-4-6-14(22)11-16/h3-8,10-12H,2,9H2,1H3,(H,26,30)(H,28,31). The molecule has 0 bridgehead atoms. The van der Waals surface area contributed by atoms with E-state index in [9.17, 15) is 22.8 Å². The van der Waals surface area contributed by atoms with Gasteiger partial charge in [0, 0.05) is 22.8 Å². The zero-order valence-electron chi connectivity index (χ0n) is 16.3. The summed E-state index contributed by atoms with van der Waals surface area (Å²) < 4.78 is 42.0. The topological polar surface area (TPSA) is 76.0 Å². The van der Waals surface area contributed by atoms with Gasteiger partial charge < -0.3 is 10.6 Å². The van der Waals surface area contributed by atoms with Crippen LogP contribution in [0.15, 0.2) is 54.7 Å². The summed E-state index contributed by atoms with van der Waals surface area (Å²) in [6, 6.07) is 11.6. The molecule has 6 nitrogen and oxygen atoms in total. The van der Waals surface area contributed by atoms with Crippen LogP contribution in [0.25, 0.3) is 5.69 Å². The summed E-state index contributed by atoms with van der Waals surface area (Å²) in [4.78, 5) is 24.7. The van der Waals surface area contributed by atoms with Crippen molar-refractivity contribution in [2.24, 2.45) is 0 Å². The molecule has 3 aromatic rings. The van der Waals surface area contributed by atoms with Gasteiger partial charge in [-0.3, -0.25) is 9.59 Å². The fraction of sp³-hybridized carbons (Fsp3) is 0.190. The van der Waals surface area contributed by atoms with Crippen LogP contribution < -0.4 is 10.6 Å². The van der Waals surface area contributed by atoms with Crippen molar-refractivity contribution in [3.63, 3.8) is 0 Å². The number of nitrogens with one attached hydrogen (secondary N) is 2. The highest BCUT2D eigenvalue weighted by Gasteiger charge is 2.40. The second-order valence-corrected chi connectivity index (χ2v) is 7.02. The Labute approximate surface area is 181 Å². The molecule has 2 amide bonds. The van der Waals surface area contributed by atoms with Gasteiger partial charge in [0.15, 0.2) is 5.69 Å². The number of alkyl halides is 3. The van der Waals surface area contributed by atoms with Crippen LogP contribution in [0.4, 0.5) is 18.9 Å². The normalized spacial score (nSPS) is 11.3. The molecule has 0 saturated carbocycles. The van der Waals surface area contributed by atoms with Crippen molar-refractivity contribution in [3.8, 4) is 5.69 Å². The minimum Gasteiger partial charge on any atom is -0.352 e. The van der Waals surface area contributed by atoms with Gasteiger partial charge in [0.2, 0.25) is 0 Å². The van der Waals surface area contributed by atoms with Crippen LogP contribution in [0.3, 0.4) is 0 Å². The molecule has 0 atom stereocenters. The molecule has 2 aromatic carbocycles. The van der Waals surface area contributed by atoms with Gasteiger partial charge in [-0.15, -0.1) is 0 Å². The Morgan fingerprint density at radius 1 is 1.10 bits per heavy atom. The van der Waals surface area contributed by atoms with E-state index in [0.717, 1.165) is 12.6 Å². The summed E-state index contributed by atoms with van der Waals surface area (Å²) in [6.07, 6.45) is -3.26. The summed E-state index contributed by atoms with van der Waals surface area (Å²) in [5, 5.41) is 9.07. The molecule has 0 radical (unpaired) electrons. The minimum atomic E-state index is -4.85. The molecule has 0 aliphatic rings. The molecule has 0 unspecified atom stereocenters. The maximum Gasteiger partial charge on any atom is 0.434 e. The van der Waals surface area contributed by atoms with E-state index in [2.05, 4.69) is 15.7 Å². The second kappa shape index (κ2) is 9.22. The lowest BCUT2D eigenvalue weighted by atomic mass is 10.1. The number of amides is 2. The van der Waals surface area contributed by atoms with Gasteiger partial charge >= 0.3 is 6.18 Å². The maximum atomic E-state index is 13.8. The number of halogens is 4. The zero-order valence-corrected chi connectivity index (χ0v) is 17.1. The third-order valence-electron chi connectivity index (χ3n) is 4.25. The Morgan fingerprint density at radius 2 is 1.84 bits per heavy atom. The number of carbonyl (C=O) groups excluding carboxylic acids is 2. The first-order valence-electron chi connectivity index (χ1n) is 9.31. The van der Waals surface area contributed by atoms with Crippen molar-refractivity contribution in [1.82, 2.24) is 15.1 Å². The quantitative estimate of drug-likeness (QED) is 0.558. The Balaban J connectivity index is 1.92. The fourth-order valence-electron chi connectivity index (χ4n) is 2.87. The minimum absolute atomic E-state index is 0.0634. The number of nitrogens with zero attached hydrogens (tertiary/aromatic N) is 2. The third-order valence-corrected chi connectivity index (χ3v) is 4.49. The van der Waals surface area contributed by atoms with Crippen molar-refractivity contribution in [2.75, 3.05) is 11.9 Å². The first-order chi connectivity index (χ1) is 14.7. The number of aromatic nitrogens is 2. The molecule has 162 valence electrons. The highest BCUT2D eigenvalue weighted by molar-refractivity contribution is 6.30. The van der Waals surface area contributed by atoms with E-state index >= 15 is 0 Å². The monoisotopic (exact) mass is 450 g/mol. The smallest absolute Gasteiger partial charge is 0.352 e. The Hall–Kier alpha value is -3.33. The van der Waals surface area contributed by atoms with Crippen molar-refractivity contribution in [3.05, 3.63) is 76.6 Å². The first kappa shape index (κ1) is 22.4. The van der Waals surface area contributed by atoms with Gasteiger partial charge in [-0.1, -0.05) is 30.7 Å². The van der Waals surface area contributed by atoms with Crippen molar-refractivity contribution < 1.29 is 22.8 Å². The SMILES string of the molecule is CCCNC(=O)c1cccc(NC(=O)c2cnn(-c3cccc(Cl)c3)c2C(F)(F)F)c1. The molecule has 2 N–H and O–H groups in total. The zero-order chi connectivity index (χ0) is 22.6. The summed E-state index contributed by atoms with van der Waals surface area (Å²) in [5.41, 5.74) is -1.37. The summed E-state index contributed by atoms with van der Waals surface area (Å²) in [5.74, 6) is -1.35. The molecule has 0 saturated heterocycles. The van der Waals surface area contributed by atoms with Gasteiger partial charge in [0.05, 0.1) is 17.4 Å². The van der Waals surface area contributed by atoms with Crippen LogP contribution in [0, 0.1) is 0 Å². The molecular formula is C21H18ClF3N4O2. The van der Waals surface area contributed by atoms with Gasteiger partial charge in [-0.2, -0.15) is 18.3 Å². The molecule has 0 aliphatic carbocycles. The van der Waals surface area contributed by atoms with E-state index in [1.807, 2.05) is 6.92 Å². The Morgan fingerprint density at radius 3 is 2.52 bits per heavy atom. The van der Waals surface area contributed by atoms with Gasteiger partial charge in [0.25, 0.3) is 11.8 Å². The first-order valence-corrected chi connectivity index (χ1v) is 9.69.